The van der Waals surface area contributed by atoms with Crippen molar-refractivity contribution >= 4 is 23.4 Å². The molecule has 0 spiro atoms. The highest BCUT2D eigenvalue weighted by Crippen LogP contribution is 2.43. The van der Waals surface area contributed by atoms with Gasteiger partial charge in [-0.05, 0) is 13.0 Å². The Morgan fingerprint density at radius 1 is 1.34 bits per heavy atom. The van der Waals surface area contributed by atoms with E-state index in [0.29, 0.717) is 19.5 Å². The second-order valence-corrected chi connectivity index (χ2v) is 8.01. The first-order valence-electron chi connectivity index (χ1n) is 9.95. The zero-order valence-electron chi connectivity index (χ0n) is 17.2. The zero-order chi connectivity index (χ0) is 23.3. The van der Waals surface area contributed by atoms with Crippen LogP contribution in [0.4, 0.5) is 8.78 Å². The van der Waals surface area contributed by atoms with E-state index in [1.807, 2.05) is 0 Å². The molecule has 0 saturated heterocycles. The lowest BCUT2D eigenvalue weighted by atomic mass is 10.1. The predicted molar refractivity (Wildman–Crippen MR) is 110 cm³/mol. The molecule has 0 saturated carbocycles. The normalized spacial score (nSPS) is 19.3. The highest BCUT2D eigenvalue weighted by molar-refractivity contribution is 6.30. The molecule has 1 aromatic heterocycles. The first-order chi connectivity index (χ1) is 15.2. The van der Waals surface area contributed by atoms with Crippen LogP contribution >= 0.6 is 11.6 Å². The van der Waals surface area contributed by atoms with Gasteiger partial charge < -0.3 is 24.6 Å². The van der Waals surface area contributed by atoms with Crippen molar-refractivity contribution in [3.05, 3.63) is 61.5 Å². The molecule has 2 aromatic rings. The lowest BCUT2D eigenvalue weighted by molar-refractivity contribution is 0.0653. The Labute approximate surface area is 186 Å². The van der Waals surface area contributed by atoms with E-state index in [9.17, 15) is 28.3 Å². The number of halogens is 3. The van der Waals surface area contributed by atoms with Gasteiger partial charge in [-0.25, -0.2) is 8.78 Å². The standard InChI is InChI=1S/C21H20ClF2N3O5/c1-3-26-8-10-6-12(32-2)16-13(18(28)19(29)17(21(26)31)27(10)16)20(30)25-7-9-4-5-11(23)14(22)15(9)24/h4-5,10,12,29H,3,6-8H2,1-2H3,(H,25,30). The summed E-state index contributed by atoms with van der Waals surface area (Å²) in [5.74, 6) is -4.18. The Kier molecular flexibility index (Phi) is 5.68. The van der Waals surface area contributed by atoms with Gasteiger partial charge in [0.2, 0.25) is 5.43 Å². The Bertz CT molecular complexity index is 1200. The second kappa shape index (κ2) is 8.18. The van der Waals surface area contributed by atoms with Crippen LogP contribution in [0.1, 0.15) is 57.6 Å². The molecule has 0 aliphatic carbocycles. The number of amides is 2. The molecule has 2 aliphatic heterocycles. The van der Waals surface area contributed by atoms with E-state index in [2.05, 4.69) is 5.32 Å². The van der Waals surface area contributed by atoms with Crippen molar-refractivity contribution in [2.45, 2.75) is 32.0 Å². The van der Waals surface area contributed by atoms with E-state index >= 15 is 0 Å². The quantitative estimate of drug-likeness (QED) is 0.658. The fourth-order valence-corrected chi connectivity index (χ4v) is 4.56. The molecule has 8 nitrogen and oxygen atoms in total. The minimum atomic E-state index is -1.03. The topological polar surface area (TPSA) is 101 Å². The minimum absolute atomic E-state index is 0.0848. The van der Waals surface area contributed by atoms with Gasteiger partial charge in [-0.3, -0.25) is 14.4 Å². The molecule has 1 aromatic carbocycles. The highest BCUT2D eigenvalue weighted by Gasteiger charge is 2.45. The number of likely N-dealkylation sites (N-methyl/N-ethyl adjacent to an activating group) is 1. The summed E-state index contributed by atoms with van der Waals surface area (Å²) in [6, 6.07) is 1.80. The van der Waals surface area contributed by atoms with E-state index in [0.717, 1.165) is 12.1 Å². The lowest BCUT2D eigenvalue weighted by Gasteiger charge is -2.33. The van der Waals surface area contributed by atoms with E-state index in [-0.39, 0.29) is 35.1 Å². The van der Waals surface area contributed by atoms with Crippen LogP contribution in [0.5, 0.6) is 5.75 Å². The number of hydrogen-bond donors (Lipinski definition) is 2. The maximum absolute atomic E-state index is 14.2. The summed E-state index contributed by atoms with van der Waals surface area (Å²) in [6.07, 6.45) is -0.257. The highest BCUT2D eigenvalue weighted by atomic mass is 35.5. The van der Waals surface area contributed by atoms with E-state index < -0.39 is 45.8 Å². The monoisotopic (exact) mass is 467 g/mol. The molecule has 11 heteroatoms. The second-order valence-electron chi connectivity index (χ2n) is 7.63. The van der Waals surface area contributed by atoms with Crippen LogP contribution in [-0.2, 0) is 11.3 Å². The summed E-state index contributed by atoms with van der Waals surface area (Å²) in [5, 5.41) is 12.3. The zero-order valence-corrected chi connectivity index (χ0v) is 18.0. The van der Waals surface area contributed by atoms with Gasteiger partial charge in [-0.15, -0.1) is 0 Å². The summed E-state index contributed by atoms with van der Waals surface area (Å²) >= 11 is 5.57. The van der Waals surface area contributed by atoms with E-state index in [4.69, 9.17) is 16.3 Å². The minimum Gasteiger partial charge on any atom is -0.503 e. The largest absolute Gasteiger partial charge is 0.503 e. The Morgan fingerprint density at radius 3 is 2.72 bits per heavy atom. The van der Waals surface area contributed by atoms with Gasteiger partial charge in [0, 0.05) is 38.7 Å². The van der Waals surface area contributed by atoms with Crippen molar-refractivity contribution in [2.75, 3.05) is 20.2 Å². The van der Waals surface area contributed by atoms with Crippen LogP contribution in [0.3, 0.4) is 0 Å². The molecule has 2 atom stereocenters. The number of aromatic nitrogens is 1. The summed E-state index contributed by atoms with van der Waals surface area (Å²) in [4.78, 5) is 40.3. The van der Waals surface area contributed by atoms with Gasteiger partial charge in [0.05, 0.1) is 11.7 Å². The molecule has 2 aliphatic rings. The van der Waals surface area contributed by atoms with Gasteiger partial charge in [0.15, 0.2) is 11.4 Å². The SMILES string of the molecule is CCN1CC2CC(OC)c3c(C(=O)NCc4ccc(F)c(Cl)c4F)c(=O)c(O)c(n32)C1=O. The number of hydrogen-bond acceptors (Lipinski definition) is 5. The van der Waals surface area contributed by atoms with Crippen LogP contribution in [0.15, 0.2) is 16.9 Å². The van der Waals surface area contributed by atoms with Gasteiger partial charge in [0.1, 0.15) is 28.3 Å². The predicted octanol–water partition coefficient (Wildman–Crippen LogP) is 2.52. The number of carbonyl (C=O) groups excluding carboxylic acids is 2. The number of aromatic hydroxyl groups is 1. The van der Waals surface area contributed by atoms with Gasteiger partial charge in [-0.1, -0.05) is 17.7 Å². The maximum Gasteiger partial charge on any atom is 0.274 e. The fourth-order valence-electron chi connectivity index (χ4n) is 4.37. The Balaban J connectivity index is 1.77. The van der Waals surface area contributed by atoms with E-state index in [1.54, 1.807) is 6.92 Å². The molecule has 2 unspecified atom stereocenters. The molecule has 0 radical (unpaired) electrons. The molecule has 2 amide bonds. The van der Waals surface area contributed by atoms with Crippen molar-refractivity contribution in [2.24, 2.45) is 0 Å². The maximum atomic E-state index is 14.2. The van der Waals surface area contributed by atoms with Crippen molar-refractivity contribution < 1.29 is 28.2 Å². The van der Waals surface area contributed by atoms with Gasteiger partial charge in [-0.2, -0.15) is 0 Å². The number of pyridine rings is 1. The smallest absolute Gasteiger partial charge is 0.274 e. The van der Waals surface area contributed by atoms with Crippen LogP contribution in [0.2, 0.25) is 5.02 Å². The Morgan fingerprint density at radius 2 is 2.06 bits per heavy atom. The van der Waals surface area contributed by atoms with Crippen LogP contribution in [0, 0.1) is 11.6 Å². The van der Waals surface area contributed by atoms with E-state index in [1.165, 1.54) is 16.6 Å². The molecule has 3 heterocycles. The average Bonchev–Trinajstić information content (AvgIpc) is 3.14. The van der Waals surface area contributed by atoms with Crippen molar-refractivity contribution in [1.29, 1.82) is 0 Å². The molecule has 2 N–H and O–H groups in total. The number of nitrogens with zero attached hydrogens (tertiary/aromatic N) is 2. The first-order valence-corrected chi connectivity index (χ1v) is 10.3. The number of benzene rings is 1. The molecular weight excluding hydrogens is 448 g/mol. The number of ether oxygens (including phenoxy) is 1. The van der Waals surface area contributed by atoms with Crippen molar-refractivity contribution in [1.82, 2.24) is 14.8 Å². The van der Waals surface area contributed by atoms with Crippen LogP contribution in [0.25, 0.3) is 0 Å². The summed E-state index contributed by atoms with van der Waals surface area (Å²) in [5.41, 5.74) is -1.47. The first kappa shape index (κ1) is 22.2. The average molecular weight is 468 g/mol. The third-order valence-electron chi connectivity index (χ3n) is 5.95. The third-order valence-corrected chi connectivity index (χ3v) is 6.29. The summed E-state index contributed by atoms with van der Waals surface area (Å²) < 4.78 is 34.5. The van der Waals surface area contributed by atoms with Crippen LogP contribution in [-0.4, -0.2) is 46.6 Å². The summed E-state index contributed by atoms with van der Waals surface area (Å²) in [6.45, 7) is 2.15. The third kappa shape index (κ3) is 3.25. The number of carbonyl (C=O) groups is 2. The van der Waals surface area contributed by atoms with Gasteiger partial charge >= 0.3 is 0 Å². The van der Waals surface area contributed by atoms with Crippen molar-refractivity contribution in [3.8, 4) is 5.75 Å². The summed E-state index contributed by atoms with van der Waals surface area (Å²) in [7, 11) is 1.42. The lowest BCUT2D eigenvalue weighted by Crippen LogP contribution is -2.44. The number of rotatable bonds is 5. The van der Waals surface area contributed by atoms with Crippen molar-refractivity contribution in [3.63, 3.8) is 0 Å². The Hall–Kier alpha value is -2.98. The molecule has 0 fully saturated rings. The number of methoxy groups -OCH3 is 1. The number of nitrogens with one attached hydrogen (secondary N) is 1. The fraction of sp³-hybridized carbons (Fsp3) is 0.381. The molecule has 32 heavy (non-hydrogen) atoms. The molecule has 4 rings (SSSR count). The van der Waals surface area contributed by atoms with Crippen LogP contribution < -0.4 is 10.7 Å². The molecular formula is C21H20ClF2N3O5. The molecule has 0 bridgehead atoms. The van der Waals surface area contributed by atoms with Gasteiger partial charge in [0.25, 0.3) is 11.8 Å². The molecule has 170 valence electrons.